The molecule has 0 aromatic carbocycles. The minimum absolute atomic E-state index is 0.0337. The molecule has 5 rings (SSSR count). The van der Waals surface area contributed by atoms with Crippen molar-refractivity contribution in [2.45, 2.75) is 50.2 Å². The summed E-state index contributed by atoms with van der Waals surface area (Å²) in [4.78, 5) is 32.3. The molecule has 31 heavy (non-hydrogen) atoms. The lowest BCUT2D eigenvalue weighted by atomic mass is 9.97. The van der Waals surface area contributed by atoms with E-state index in [1.807, 2.05) is 28.7 Å². The molecule has 5 heterocycles. The van der Waals surface area contributed by atoms with Crippen LogP contribution in [0.4, 0.5) is 0 Å². The number of likely N-dealkylation sites (tertiary alicyclic amines) is 1. The molecule has 0 bridgehead atoms. The van der Waals surface area contributed by atoms with Crippen molar-refractivity contribution >= 4 is 29.0 Å². The first-order chi connectivity index (χ1) is 15.0. The van der Waals surface area contributed by atoms with Crippen molar-refractivity contribution in [2.24, 2.45) is 0 Å². The number of hydrogen-bond donors (Lipinski definition) is 0. The quantitative estimate of drug-likeness (QED) is 0.554. The number of aromatic nitrogens is 4. The summed E-state index contributed by atoms with van der Waals surface area (Å²) in [5.74, 6) is 1.91. The predicted octanol–water partition coefficient (Wildman–Crippen LogP) is 3.41. The average molecular weight is 458 g/mol. The molecule has 2 unspecified atom stereocenters. The van der Waals surface area contributed by atoms with Gasteiger partial charge >= 0.3 is 0 Å². The van der Waals surface area contributed by atoms with E-state index in [1.54, 1.807) is 34.6 Å². The Morgan fingerprint density at radius 3 is 3.00 bits per heavy atom. The van der Waals surface area contributed by atoms with E-state index in [4.69, 9.17) is 4.42 Å². The van der Waals surface area contributed by atoms with Crippen molar-refractivity contribution in [1.82, 2.24) is 24.6 Å². The minimum atomic E-state index is -0.152. The first kappa shape index (κ1) is 20.4. The Labute approximate surface area is 187 Å². The summed E-state index contributed by atoms with van der Waals surface area (Å²) in [5.41, 5.74) is 2.30. The minimum Gasteiger partial charge on any atom is -0.420 e. The van der Waals surface area contributed by atoms with Crippen LogP contribution in [0.3, 0.4) is 0 Å². The van der Waals surface area contributed by atoms with E-state index < -0.39 is 0 Å². The van der Waals surface area contributed by atoms with Crippen molar-refractivity contribution in [3.8, 4) is 11.5 Å². The molecule has 1 amide bonds. The van der Waals surface area contributed by atoms with Gasteiger partial charge in [-0.2, -0.15) is 11.3 Å². The lowest BCUT2D eigenvalue weighted by Gasteiger charge is -2.32. The van der Waals surface area contributed by atoms with Crippen LogP contribution in [0.15, 0.2) is 31.2 Å². The summed E-state index contributed by atoms with van der Waals surface area (Å²) in [7, 11) is 0. The number of carbonyl (C=O) groups is 1. The second-order valence-corrected chi connectivity index (χ2v) is 9.85. The molecular formula is C21H23N5O3S2. The number of fused-ring (bicyclic) bond motifs is 1. The van der Waals surface area contributed by atoms with Crippen LogP contribution in [0.1, 0.15) is 48.4 Å². The second-order valence-electron chi connectivity index (χ2n) is 8.09. The highest BCUT2D eigenvalue weighted by Gasteiger charge is 2.33. The third kappa shape index (κ3) is 3.82. The molecule has 0 spiro atoms. The van der Waals surface area contributed by atoms with Gasteiger partial charge in [-0.15, -0.1) is 10.2 Å². The summed E-state index contributed by atoms with van der Waals surface area (Å²) in [6.45, 7) is 4.93. The molecule has 8 nitrogen and oxygen atoms in total. The molecule has 2 aliphatic rings. The molecule has 3 aromatic rings. The van der Waals surface area contributed by atoms with Gasteiger partial charge in [0, 0.05) is 47.5 Å². The Kier molecular flexibility index (Phi) is 5.43. The molecule has 2 atom stereocenters. The maximum atomic E-state index is 13.1. The topological polar surface area (TPSA) is 94.1 Å². The molecule has 2 aliphatic heterocycles. The van der Waals surface area contributed by atoms with Crippen LogP contribution in [-0.2, 0) is 4.79 Å². The summed E-state index contributed by atoms with van der Waals surface area (Å²) in [6, 6.07) is 1.80. The third-order valence-corrected chi connectivity index (χ3v) is 7.84. The van der Waals surface area contributed by atoms with Crippen LogP contribution in [0.5, 0.6) is 0 Å². The zero-order valence-electron chi connectivity index (χ0n) is 17.4. The van der Waals surface area contributed by atoms with E-state index in [0.29, 0.717) is 47.8 Å². The largest absolute Gasteiger partial charge is 0.420 e. The Balaban J connectivity index is 1.28. The lowest BCUT2D eigenvalue weighted by Crippen LogP contribution is -2.40. The lowest BCUT2D eigenvalue weighted by molar-refractivity contribution is -0.133. The summed E-state index contributed by atoms with van der Waals surface area (Å²) in [6.07, 6.45) is 2.11. The van der Waals surface area contributed by atoms with Gasteiger partial charge in [-0.25, -0.2) is 4.98 Å². The number of thiophene rings is 1. The van der Waals surface area contributed by atoms with Gasteiger partial charge in [0.2, 0.25) is 17.7 Å². The predicted molar refractivity (Wildman–Crippen MR) is 119 cm³/mol. The number of hydrogen-bond acceptors (Lipinski definition) is 8. The van der Waals surface area contributed by atoms with Gasteiger partial charge in [0.1, 0.15) is 0 Å². The monoisotopic (exact) mass is 457 g/mol. The first-order valence-electron chi connectivity index (χ1n) is 10.4. The van der Waals surface area contributed by atoms with Crippen LogP contribution in [0.2, 0.25) is 0 Å². The zero-order valence-corrected chi connectivity index (χ0v) is 19.0. The van der Waals surface area contributed by atoms with Crippen molar-refractivity contribution in [3.05, 3.63) is 44.3 Å². The van der Waals surface area contributed by atoms with Gasteiger partial charge in [-0.05, 0) is 38.1 Å². The SMILES string of the molecule is Cc1nc2n(c(=O)c1C)C(CC(=O)N1CCCC(c3nnc(-c4ccsc4)o3)C1)CS2. The van der Waals surface area contributed by atoms with E-state index in [-0.39, 0.29) is 23.4 Å². The summed E-state index contributed by atoms with van der Waals surface area (Å²) >= 11 is 3.13. The van der Waals surface area contributed by atoms with Crippen molar-refractivity contribution < 1.29 is 9.21 Å². The molecule has 0 saturated carbocycles. The average Bonchev–Trinajstić information content (AvgIpc) is 3.53. The summed E-state index contributed by atoms with van der Waals surface area (Å²) < 4.78 is 7.61. The fourth-order valence-electron chi connectivity index (χ4n) is 4.16. The number of carbonyl (C=O) groups excluding carboxylic acids is 1. The summed E-state index contributed by atoms with van der Waals surface area (Å²) in [5, 5.41) is 13.1. The fraction of sp³-hybridized carbons (Fsp3) is 0.476. The van der Waals surface area contributed by atoms with Gasteiger partial charge in [0.25, 0.3) is 5.56 Å². The Bertz CT molecular complexity index is 1170. The maximum absolute atomic E-state index is 13.1. The van der Waals surface area contributed by atoms with Crippen molar-refractivity contribution in [2.75, 3.05) is 18.8 Å². The highest BCUT2D eigenvalue weighted by atomic mass is 32.2. The Morgan fingerprint density at radius 1 is 1.32 bits per heavy atom. The number of aryl methyl sites for hydroxylation is 1. The molecule has 1 fully saturated rings. The van der Waals surface area contributed by atoms with E-state index in [9.17, 15) is 9.59 Å². The standard InChI is InChI=1S/C21H23N5O3S2/c1-12-13(2)22-21-26(20(12)28)16(11-31-21)8-17(27)25-6-3-4-14(9-25)18-23-24-19(29-18)15-5-7-30-10-15/h5,7,10,14,16H,3-4,6,8-9,11H2,1-2H3. The molecule has 1 saturated heterocycles. The van der Waals surface area contributed by atoms with Crippen LogP contribution in [-0.4, -0.2) is 49.4 Å². The fourth-order valence-corrected chi connectivity index (χ4v) is 5.97. The van der Waals surface area contributed by atoms with Crippen LogP contribution in [0, 0.1) is 13.8 Å². The Hall–Kier alpha value is -2.46. The van der Waals surface area contributed by atoms with E-state index in [1.165, 1.54) is 0 Å². The smallest absolute Gasteiger partial charge is 0.257 e. The molecule has 0 radical (unpaired) electrons. The number of piperidine rings is 1. The zero-order chi connectivity index (χ0) is 21.5. The van der Waals surface area contributed by atoms with Crippen molar-refractivity contribution in [1.29, 1.82) is 0 Å². The molecule has 10 heteroatoms. The van der Waals surface area contributed by atoms with Gasteiger partial charge in [-0.1, -0.05) is 11.8 Å². The molecule has 0 aliphatic carbocycles. The molecule has 3 aromatic heterocycles. The number of thioether (sulfide) groups is 1. The maximum Gasteiger partial charge on any atom is 0.257 e. The van der Waals surface area contributed by atoms with Gasteiger partial charge in [0.15, 0.2) is 5.16 Å². The van der Waals surface area contributed by atoms with E-state index in [0.717, 1.165) is 24.1 Å². The van der Waals surface area contributed by atoms with E-state index >= 15 is 0 Å². The van der Waals surface area contributed by atoms with Crippen LogP contribution in [0.25, 0.3) is 11.5 Å². The van der Waals surface area contributed by atoms with Crippen LogP contribution >= 0.6 is 23.1 Å². The number of rotatable bonds is 4. The van der Waals surface area contributed by atoms with Crippen molar-refractivity contribution in [3.63, 3.8) is 0 Å². The highest BCUT2D eigenvalue weighted by Crippen LogP contribution is 2.34. The van der Waals surface area contributed by atoms with Crippen LogP contribution < -0.4 is 5.56 Å². The first-order valence-corrected chi connectivity index (χ1v) is 12.3. The third-order valence-electron chi connectivity index (χ3n) is 6.06. The van der Waals surface area contributed by atoms with Gasteiger partial charge in [-0.3, -0.25) is 14.2 Å². The number of amides is 1. The normalized spacial score (nSPS) is 20.8. The number of nitrogens with zero attached hydrogens (tertiary/aromatic N) is 5. The Morgan fingerprint density at radius 2 is 2.19 bits per heavy atom. The highest BCUT2D eigenvalue weighted by molar-refractivity contribution is 7.99. The van der Waals surface area contributed by atoms with Gasteiger partial charge in [0.05, 0.1) is 12.0 Å². The molecule has 0 N–H and O–H groups in total. The second kappa shape index (κ2) is 8.23. The molecular weight excluding hydrogens is 434 g/mol. The van der Waals surface area contributed by atoms with E-state index in [2.05, 4.69) is 15.2 Å². The molecule has 162 valence electrons. The van der Waals surface area contributed by atoms with Gasteiger partial charge < -0.3 is 9.32 Å².